The lowest BCUT2D eigenvalue weighted by Crippen LogP contribution is -2.04. The van der Waals surface area contributed by atoms with Crippen LogP contribution in [0.1, 0.15) is 27.0 Å². The molecule has 2 aromatic carbocycles. The van der Waals surface area contributed by atoms with E-state index in [9.17, 15) is 22.4 Å². The van der Waals surface area contributed by atoms with Gasteiger partial charge in [-0.25, -0.2) is 9.18 Å². The van der Waals surface area contributed by atoms with Crippen LogP contribution in [0.25, 0.3) is 0 Å². The fourth-order valence-corrected chi connectivity index (χ4v) is 1.89. The van der Waals surface area contributed by atoms with Crippen molar-refractivity contribution in [2.75, 3.05) is 0 Å². The van der Waals surface area contributed by atoms with Crippen LogP contribution < -0.4 is 0 Å². The largest absolute Gasteiger partial charge is 0.478 e. The first-order chi connectivity index (χ1) is 9.77. The molecule has 0 aliphatic heterocycles. The molecule has 0 amide bonds. The summed E-state index contributed by atoms with van der Waals surface area (Å²) in [6.07, 6.45) is -4.18. The zero-order valence-electron chi connectivity index (χ0n) is 10.6. The van der Waals surface area contributed by atoms with Crippen molar-refractivity contribution in [3.8, 4) is 0 Å². The summed E-state index contributed by atoms with van der Waals surface area (Å²) in [6, 6.07) is 8.18. The van der Waals surface area contributed by atoms with Gasteiger partial charge in [0, 0.05) is 0 Å². The number of benzene rings is 2. The lowest BCUT2D eigenvalue weighted by atomic mass is 10.0. The van der Waals surface area contributed by atoms with E-state index in [4.69, 9.17) is 5.11 Å². The van der Waals surface area contributed by atoms with Gasteiger partial charge in [0.25, 0.3) is 0 Å². The molecule has 0 spiro atoms. The van der Waals surface area contributed by atoms with E-state index in [1.807, 2.05) is 0 Å². The number of rotatable bonds is 3. The Bertz CT molecular complexity index is 660. The molecule has 0 radical (unpaired) electrons. The van der Waals surface area contributed by atoms with Gasteiger partial charge in [0.05, 0.1) is 11.1 Å². The molecule has 0 aromatic heterocycles. The highest BCUT2D eigenvalue weighted by Gasteiger charge is 2.29. The van der Waals surface area contributed by atoms with E-state index in [1.165, 1.54) is 18.2 Å². The maximum Gasteiger partial charge on any atom is 0.416 e. The van der Waals surface area contributed by atoms with Crippen molar-refractivity contribution in [2.45, 2.75) is 12.6 Å². The second-order valence-corrected chi connectivity index (χ2v) is 4.49. The van der Waals surface area contributed by atoms with Crippen LogP contribution in [0.4, 0.5) is 17.6 Å². The van der Waals surface area contributed by atoms with Gasteiger partial charge in [-0.2, -0.15) is 13.2 Å². The smallest absolute Gasteiger partial charge is 0.416 e. The molecule has 6 heteroatoms. The minimum atomic E-state index is -4.40. The molecule has 21 heavy (non-hydrogen) atoms. The van der Waals surface area contributed by atoms with E-state index >= 15 is 0 Å². The molecule has 0 atom stereocenters. The van der Waals surface area contributed by atoms with E-state index in [1.54, 1.807) is 0 Å². The van der Waals surface area contributed by atoms with Crippen LogP contribution in [0, 0.1) is 5.82 Å². The van der Waals surface area contributed by atoms with Crippen molar-refractivity contribution >= 4 is 5.97 Å². The molecule has 2 aromatic rings. The monoisotopic (exact) mass is 298 g/mol. The van der Waals surface area contributed by atoms with E-state index in [-0.39, 0.29) is 6.42 Å². The minimum Gasteiger partial charge on any atom is -0.478 e. The first kappa shape index (κ1) is 15.0. The Balaban J connectivity index is 2.19. The number of aromatic carboxylic acids is 1. The molecule has 110 valence electrons. The summed E-state index contributed by atoms with van der Waals surface area (Å²) in [5.41, 5.74) is -0.132. The number of carboxylic acids is 1. The molecule has 1 N–H and O–H groups in total. The van der Waals surface area contributed by atoms with Crippen molar-refractivity contribution in [1.29, 1.82) is 0 Å². The Morgan fingerprint density at radius 3 is 2.05 bits per heavy atom. The summed E-state index contributed by atoms with van der Waals surface area (Å²) in [5.74, 6) is -2.24. The first-order valence-electron chi connectivity index (χ1n) is 5.95. The number of alkyl halides is 3. The highest BCUT2D eigenvalue weighted by atomic mass is 19.4. The molecule has 0 aliphatic carbocycles. The van der Waals surface area contributed by atoms with Crippen molar-refractivity contribution in [3.05, 3.63) is 70.5 Å². The molecule has 0 aliphatic rings. The number of halogens is 4. The Labute approximate surface area is 117 Å². The zero-order chi connectivity index (χ0) is 15.6. The molecular formula is C15H10F4O2. The SMILES string of the molecule is O=C(O)c1ccc(Cc2ccc(C(F)(F)F)cc2)cc1F. The van der Waals surface area contributed by atoms with E-state index in [0.717, 1.165) is 24.3 Å². The second kappa shape index (κ2) is 5.55. The van der Waals surface area contributed by atoms with Crippen LogP contribution in [0.5, 0.6) is 0 Å². The quantitative estimate of drug-likeness (QED) is 0.865. The van der Waals surface area contributed by atoms with Crippen molar-refractivity contribution in [2.24, 2.45) is 0 Å². The summed E-state index contributed by atoms with van der Waals surface area (Å²) in [6.45, 7) is 0. The average Bonchev–Trinajstić information content (AvgIpc) is 2.38. The highest BCUT2D eigenvalue weighted by molar-refractivity contribution is 5.87. The molecule has 0 saturated heterocycles. The minimum absolute atomic E-state index is 0.217. The number of hydrogen-bond donors (Lipinski definition) is 1. The fourth-order valence-electron chi connectivity index (χ4n) is 1.89. The Morgan fingerprint density at radius 2 is 1.57 bits per heavy atom. The normalized spacial score (nSPS) is 11.4. The Morgan fingerprint density at radius 1 is 1.00 bits per heavy atom. The van der Waals surface area contributed by atoms with Gasteiger partial charge in [-0.3, -0.25) is 0 Å². The molecule has 0 heterocycles. The molecule has 2 rings (SSSR count). The molecule has 2 nitrogen and oxygen atoms in total. The van der Waals surface area contributed by atoms with Crippen LogP contribution >= 0.6 is 0 Å². The predicted molar refractivity (Wildman–Crippen MR) is 67.6 cm³/mol. The van der Waals surface area contributed by atoms with Gasteiger partial charge in [-0.05, 0) is 41.8 Å². The Kier molecular flexibility index (Phi) is 3.97. The highest BCUT2D eigenvalue weighted by Crippen LogP contribution is 2.29. The number of hydrogen-bond acceptors (Lipinski definition) is 1. The molecule has 0 bridgehead atoms. The van der Waals surface area contributed by atoms with Gasteiger partial charge in [-0.15, -0.1) is 0 Å². The zero-order valence-corrected chi connectivity index (χ0v) is 10.6. The molecular weight excluding hydrogens is 288 g/mol. The average molecular weight is 298 g/mol. The van der Waals surface area contributed by atoms with Gasteiger partial charge >= 0.3 is 12.1 Å². The molecule has 0 fully saturated rings. The molecule has 0 unspecified atom stereocenters. The van der Waals surface area contributed by atoms with E-state index in [0.29, 0.717) is 11.1 Å². The van der Waals surface area contributed by atoms with E-state index in [2.05, 4.69) is 0 Å². The van der Waals surface area contributed by atoms with E-state index < -0.39 is 29.1 Å². The van der Waals surface area contributed by atoms with Gasteiger partial charge in [0.2, 0.25) is 0 Å². The van der Waals surface area contributed by atoms with Crippen LogP contribution in [-0.4, -0.2) is 11.1 Å². The fraction of sp³-hybridized carbons (Fsp3) is 0.133. The second-order valence-electron chi connectivity index (χ2n) is 4.49. The standard InChI is InChI=1S/C15H10F4O2/c16-13-8-10(3-6-12(13)14(20)21)7-9-1-4-11(5-2-9)15(17,18)19/h1-6,8H,7H2,(H,20,21). The summed E-state index contributed by atoms with van der Waals surface area (Å²) >= 11 is 0. The maximum absolute atomic E-state index is 13.5. The van der Waals surface area contributed by atoms with Crippen molar-refractivity contribution in [1.82, 2.24) is 0 Å². The van der Waals surface area contributed by atoms with Crippen molar-refractivity contribution in [3.63, 3.8) is 0 Å². The third-order valence-corrected chi connectivity index (χ3v) is 2.95. The van der Waals surface area contributed by atoms with Gasteiger partial charge in [-0.1, -0.05) is 18.2 Å². The summed E-state index contributed by atoms with van der Waals surface area (Å²) < 4.78 is 50.7. The maximum atomic E-state index is 13.5. The third kappa shape index (κ3) is 3.59. The number of carboxylic acid groups (broad SMARTS) is 1. The van der Waals surface area contributed by atoms with Gasteiger partial charge < -0.3 is 5.11 Å². The summed E-state index contributed by atoms with van der Waals surface area (Å²) in [4.78, 5) is 10.7. The van der Waals surface area contributed by atoms with Gasteiger partial charge in [0.15, 0.2) is 0 Å². The van der Waals surface area contributed by atoms with Gasteiger partial charge in [0.1, 0.15) is 5.82 Å². The summed E-state index contributed by atoms with van der Waals surface area (Å²) in [7, 11) is 0. The van der Waals surface area contributed by atoms with Crippen LogP contribution in [0.3, 0.4) is 0 Å². The third-order valence-electron chi connectivity index (χ3n) is 2.95. The Hall–Kier alpha value is -2.37. The number of carbonyl (C=O) groups is 1. The van der Waals surface area contributed by atoms with Crippen LogP contribution in [0.2, 0.25) is 0 Å². The van der Waals surface area contributed by atoms with Crippen molar-refractivity contribution < 1.29 is 27.5 Å². The van der Waals surface area contributed by atoms with Crippen LogP contribution in [0.15, 0.2) is 42.5 Å². The van der Waals surface area contributed by atoms with Crippen LogP contribution in [-0.2, 0) is 12.6 Å². The molecule has 0 saturated carbocycles. The lowest BCUT2D eigenvalue weighted by Gasteiger charge is -2.08. The topological polar surface area (TPSA) is 37.3 Å². The summed E-state index contributed by atoms with van der Waals surface area (Å²) in [5, 5.41) is 8.71. The first-order valence-corrected chi connectivity index (χ1v) is 5.95. The predicted octanol–water partition coefficient (Wildman–Crippen LogP) is 4.13. The lowest BCUT2D eigenvalue weighted by molar-refractivity contribution is -0.137.